The summed E-state index contributed by atoms with van der Waals surface area (Å²) in [7, 11) is 0. The van der Waals surface area contributed by atoms with Crippen LogP contribution in [0.2, 0.25) is 0 Å². The molecule has 1 aliphatic heterocycles. The van der Waals surface area contributed by atoms with Crippen molar-refractivity contribution in [3.63, 3.8) is 0 Å². The van der Waals surface area contributed by atoms with Crippen molar-refractivity contribution in [2.45, 2.75) is 25.8 Å². The zero-order valence-corrected chi connectivity index (χ0v) is 13.6. The highest BCUT2D eigenvalue weighted by atomic mass is 16.2. The van der Waals surface area contributed by atoms with Crippen LogP contribution in [0.1, 0.15) is 29.0 Å². The molecule has 1 heterocycles. The quantitative estimate of drug-likeness (QED) is 0.910. The Bertz CT molecular complexity index is 781. The molecule has 1 atom stereocenters. The molecule has 2 N–H and O–H groups in total. The van der Waals surface area contributed by atoms with Crippen molar-refractivity contribution in [3.8, 4) is 0 Å². The predicted molar refractivity (Wildman–Crippen MR) is 93.1 cm³/mol. The van der Waals surface area contributed by atoms with Gasteiger partial charge in [-0.15, -0.1) is 0 Å². The van der Waals surface area contributed by atoms with Crippen molar-refractivity contribution in [3.05, 3.63) is 83.1 Å². The third-order valence-electron chi connectivity index (χ3n) is 4.28. The average molecular weight is 320 g/mol. The average Bonchev–Trinajstić information content (AvgIpc) is 2.61. The van der Waals surface area contributed by atoms with E-state index in [1.54, 1.807) is 6.20 Å². The van der Waals surface area contributed by atoms with Gasteiger partial charge in [0.25, 0.3) is 0 Å². The fourth-order valence-corrected chi connectivity index (χ4v) is 2.97. The maximum atomic E-state index is 12.6. The molecule has 0 spiro atoms. The molecule has 4 nitrogen and oxygen atoms in total. The van der Waals surface area contributed by atoms with Gasteiger partial charge >= 0.3 is 0 Å². The van der Waals surface area contributed by atoms with Gasteiger partial charge in [0.15, 0.2) is 0 Å². The molecule has 0 saturated heterocycles. The number of hydrogen-bond donors (Lipinski definition) is 2. The van der Waals surface area contributed by atoms with Gasteiger partial charge in [-0.05, 0) is 23.6 Å². The summed E-state index contributed by atoms with van der Waals surface area (Å²) in [5.41, 5.74) is 3.74. The van der Waals surface area contributed by atoms with Crippen molar-refractivity contribution in [1.29, 1.82) is 0 Å². The molecule has 0 aromatic heterocycles. The molecule has 0 saturated carbocycles. The monoisotopic (exact) mass is 320 g/mol. The summed E-state index contributed by atoms with van der Waals surface area (Å²) in [6, 6.07) is 17.6. The molecule has 122 valence electrons. The SMILES string of the molecule is Cc1ccccc1C1CC(=O)NC=C1C(=O)NCc1ccccc1. The van der Waals surface area contributed by atoms with Crippen LogP contribution in [0.5, 0.6) is 0 Å². The van der Waals surface area contributed by atoms with Gasteiger partial charge in [-0.2, -0.15) is 0 Å². The van der Waals surface area contributed by atoms with Gasteiger partial charge in [-0.3, -0.25) is 9.59 Å². The molecule has 1 aliphatic rings. The molecule has 0 fully saturated rings. The minimum absolute atomic E-state index is 0.0668. The van der Waals surface area contributed by atoms with Crippen molar-refractivity contribution < 1.29 is 9.59 Å². The zero-order chi connectivity index (χ0) is 16.9. The molecule has 4 heteroatoms. The summed E-state index contributed by atoms with van der Waals surface area (Å²) >= 11 is 0. The van der Waals surface area contributed by atoms with Crippen molar-refractivity contribution in [1.82, 2.24) is 10.6 Å². The van der Waals surface area contributed by atoms with Gasteiger partial charge in [-0.25, -0.2) is 0 Å². The van der Waals surface area contributed by atoms with Gasteiger partial charge in [0.1, 0.15) is 0 Å². The van der Waals surface area contributed by atoms with Crippen LogP contribution >= 0.6 is 0 Å². The molecular formula is C20H20N2O2. The number of carbonyl (C=O) groups excluding carboxylic acids is 2. The van der Waals surface area contributed by atoms with Crippen molar-refractivity contribution >= 4 is 11.8 Å². The lowest BCUT2D eigenvalue weighted by atomic mass is 9.84. The van der Waals surface area contributed by atoms with Crippen LogP contribution < -0.4 is 10.6 Å². The number of amides is 2. The van der Waals surface area contributed by atoms with Crippen LogP contribution in [0.25, 0.3) is 0 Å². The summed E-state index contributed by atoms with van der Waals surface area (Å²) < 4.78 is 0. The zero-order valence-electron chi connectivity index (χ0n) is 13.6. The minimum Gasteiger partial charge on any atom is -0.348 e. The first-order chi connectivity index (χ1) is 11.6. The molecule has 24 heavy (non-hydrogen) atoms. The second kappa shape index (κ2) is 7.13. The standard InChI is InChI=1S/C20H20N2O2/c1-14-7-5-6-10-16(14)17-11-19(23)21-13-18(17)20(24)22-12-15-8-3-2-4-9-15/h2-10,13,17H,11-12H2,1H3,(H,21,23)(H,22,24). The van der Waals surface area contributed by atoms with E-state index in [0.717, 1.165) is 16.7 Å². The van der Waals surface area contributed by atoms with E-state index in [2.05, 4.69) is 10.6 Å². The molecule has 0 radical (unpaired) electrons. The lowest BCUT2D eigenvalue weighted by Gasteiger charge is -2.25. The molecule has 2 amide bonds. The van der Waals surface area contributed by atoms with Gasteiger partial charge < -0.3 is 10.6 Å². The molecule has 3 rings (SSSR count). The highest BCUT2D eigenvalue weighted by Crippen LogP contribution is 2.32. The van der Waals surface area contributed by atoms with E-state index in [1.807, 2.05) is 61.5 Å². The third kappa shape index (κ3) is 3.54. The molecule has 1 unspecified atom stereocenters. The predicted octanol–water partition coefficient (Wildman–Crippen LogP) is 2.80. The number of aryl methyl sites for hydroxylation is 1. The van der Waals surface area contributed by atoms with Crippen LogP contribution in [0, 0.1) is 6.92 Å². The molecule has 0 bridgehead atoms. The first kappa shape index (κ1) is 16.0. The number of nitrogens with one attached hydrogen (secondary N) is 2. The lowest BCUT2D eigenvalue weighted by molar-refractivity contribution is -0.121. The number of carbonyl (C=O) groups is 2. The van der Waals surface area contributed by atoms with Crippen molar-refractivity contribution in [2.75, 3.05) is 0 Å². The van der Waals surface area contributed by atoms with E-state index in [1.165, 1.54) is 0 Å². The normalized spacial score (nSPS) is 17.0. The summed E-state index contributed by atoms with van der Waals surface area (Å²) in [4.78, 5) is 24.5. The Balaban J connectivity index is 1.80. The summed E-state index contributed by atoms with van der Waals surface area (Å²) in [5, 5.41) is 5.61. The van der Waals surface area contributed by atoms with E-state index in [0.29, 0.717) is 12.1 Å². The van der Waals surface area contributed by atoms with E-state index < -0.39 is 0 Å². The van der Waals surface area contributed by atoms with E-state index in [4.69, 9.17) is 0 Å². The number of rotatable bonds is 4. The largest absolute Gasteiger partial charge is 0.348 e. The fraction of sp³-hybridized carbons (Fsp3) is 0.200. The van der Waals surface area contributed by atoms with Crippen LogP contribution in [0.3, 0.4) is 0 Å². The third-order valence-corrected chi connectivity index (χ3v) is 4.28. The Morgan fingerprint density at radius 3 is 2.58 bits per heavy atom. The van der Waals surface area contributed by atoms with Crippen molar-refractivity contribution in [2.24, 2.45) is 0 Å². The Kier molecular flexibility index (Phi) is 4.75. The molecule has 2 aromatic carbocycles. The molecule has 0 aliphatic carbocycles. The fourth-order valence-electron chi connectivity index (χ4n) is 2.97. The lowest BCUT2D eigenvalue weighted by Crippen LogP contribution is -2.35. The van der Waals surface area contributed by atoms with Crippen LogP contribution in [-0.4, -0.2) is 11.8 Å². The number of benzene rings is 2. The first-order valence-corrected chi connectivity index (χ1v) is 8.02. The minimum atomic E-state index is -0.212. The second-order valence-electron chi connectivity index (χ2n) is 5.95. The number of hydrogen-bond acceptors (Lipinski definition) is 2. The van der Waals surface area contributed by atoms with Crippen LogP contribution in [0.15, 0.2) is 66.4 Å². The Labute approximate surface area is 141 Å². The second-order valence-corrected chi connectivity index (χ2v) is 5.95. The van der Waals surface area contributed by atoms with E-state index in [-0.39, 0.29) is 24.2 Å². The summed E-state index contributed by atoms with van der Waals surface area (Å²) in [6.45, 7) is 2.47. The van der Waals surface area contributed by atoms with Crippen LogP contribution in [0.4, 0.5) is 0 Å². The first-order valence-electron chi connectivity index (χ1n) is 8.02. The van der Waals surface area contributed by atoms with Crippen LogP contribution in [-0.2, 0) is 16.1 Å². The highest BCUT2D eigenvalue weighted by molar-refractivity contribution is 5.98. The Morgan fingerprint density at radius 2 is 1.83 bits per heavy atom. The Hall–Kier alpha value is -2.88. The smallest absolute Gasteiger partial charge is 0.249 e. The van der Waals surface area contributed by atoms with E-state index in [9.17, 15) is 9.59 Å². The molecular weight excluding hydrogens is 300 g/mol. The van der Waals surface area contributed by atoms with Gasteiger partial charge in [-0.1, -0.05) is 54.6 Å². The topological polar surface area (TPSA) is 58.2 Å². The van der Waals surface area contributed by atoms with E-state index >= 15 is 0 Å². The van der Waals surface area contributed by atoms with Gasteiger partial charge in [0.05, 0.1) is 0 Å². The van der Waals surface area contributed by atoms with Gasteiger partial charge in [0, 0.05) is 30.7 Å². The summed E-state index contributed by atoms with van der Waals surface area (Å²) in [6.07, 6.45) is 1.83. The summed E-state index contributed by atoms with van der Waals surface area (Å²) in [5.74, 6) is -0.425. The Morgan fingerprint density at radius 1 is 1.12 bits per heavy atom. The van der Waals surface area contributed by atoms with Gasteiger partial charge in [0.2, 0.25) is 11.8 Å². The molecule has 2 aromatic rings. The maximum Gasteiger partial charge on any atom is 0.249 e. The highest BCUT2D eigenvalue weighted by Gasteiger charge is 2.29. The maximum absolute atomic E-state index is 12.6.